The molecule has 0 radical (unpaired) electrons. The maximum atomic E-state index is 12.6. The molecule has 6 nitrogen and oxygen atoms in total. The highest BCUT2D eigenvalue weighted by atomic mass is 127. The highest BCUT2D eigenvalue weighted by molar-refractivity contribution is 14.0. The van der Waals surface area contributed by atoms with Gasteiger partial charge in [-0.15, -0.1) is 24.0 Å². The predicted molar refractivity (Wildman–Crippen MR) is 117 cm³/mol. The first kappa shape index (κ1) is 21.7. The molecule has 0 spiro atoms. The lowest BCUT2D eigenvalue weighted by Crippen LogP contribution is -2.57. The zero-order valence-corrected chi connectivity index (χ0v) is 18.9. The lowest BCUT2D eigenvalue weighted by Gasteiger charge is -2.39. The Morgan fingerprint density at radius 1 is 1.12 bits per heavy atom. The summed E-state index contributed by atoms with van der Waals surface area (Å²) in [6.45, 7) is 9.98. The Labute approximate surface area is 175 Å². The van der Waals surface area contributed by atoms with Crippen molar-refractivity contribution >= 4 is 35.8 Å². The summed E-state index contributed by atoms with van der Waals surface area (Å²) in [4.78, 5) is 23.8. The molecule has 3 unspecified atom stereocenters. The van der Waals surface area contributed by atoms with E-state index in [1.807, 2.05) is 11.9 Å². The summed E-state index contributed by atoms with van der Waals surface area (Å²) in [7, 11) is 1.88. The van der Waals surface area contributed by atoms with Crippen LogP contribution in [0.4, 0.5) is 0 Å². The van der Waals surface area contributed by atoms with Gasteiger partial charge in [0.2, 0.25) is 5.91 Å². The average molecular weight is 477 g/mol. The number of nitrogens with one attached hydrogen (secondary N) is 1. The second kappa shape index (κ2) is 10.1. The van der Waals surface area contributed by atoms with E-state index in [0.29, 0.717) is 11.9 Å². The van der Waals surface area contributed by atoms with Crippen LogP contribution in [-0.4, -0.2) is 85.0 Å². The fourth-order valence-electron chi connectivity index (χ4n) is 4.26. The van der Waals surface area contributed by atoms with E-state index in [1.165, 1.54) is 19.3 Å². The van der Waals surface area contributed by atoms with Crippen molar-refractivity contribution in [1.82, 2.24) is 20.0 Å². The van der Waals surface area contributed by atoms with Crippen LogP contribution in [0.3, 0.4) is 0 Å². The van der Waals surface area contributed by atoms with Crippen molar-refractivity contribution in [3.05, 3.63) is 0 Å². The number of amides is 1. The van der Waals surface area contributed by atoms with Gasteiger partial charge >= 0.3 is 0 Å². The van der Waals surface area contributed by atoms with Gasteiger partial charge in [0, 0.05) is 52.4 Å². The molecule has 0 aromatic heterocycles. The third-order valence-corrected chi connectivity index (χ3v) is 6.04. The van der Waals surface area contributed by atoms with Gasteiger partial charge < -0.3 is 15.1 Å². The minimum absolute atomic E-state index is 0. The molecule has 7 heteroatoms. The number of nitrogens with zero attached hydrogens (tertiary/aromatic N) is 4. The molecule has 1 amide bonds. The second-order valence-electron chi connectivity index (χ2n) is 7.81. The van der Waals surface area contributed by atoms with E-state index >= 15 is 0 Å². The van der Waals surface area contributed by atoms with Gasteiger partial charge in [-0.3, -0.25) is 14.7 Å². The number of carbonyl (C=O) groups excluding carboxylic acids is 1. The third kappa shape index (κ3) is 5.24. The average Bonchev–Trinajstić information content (AvgIpc) is 3.14. The molecule has 3 aliphatic rings. The Morgan fingerprint density at radius 3 is 2.35 bits per heavy atom. The minimum atomic E-state index is 0. The molecule has 3 fully saturated rings. The zero-order valence-electron chi connectivity index (χ0n) is 16.6. The van der Waals surface area contributed by atoms with E-state index in [-0.39, 0.29) is 30.0 Å². The number of guanidine groups is 1. The van der Waals surface area contributed by atoms with Gasteiger partial charge in [-0.05, 0) is 38.5 Å². The van der Waals surface area contributed by atoms with Crippen molar-refractivity contribution in [1.29, 1.82) is 0 Å². The van der Waals surface area contributed by atoms with Crippen LogP contribution in [-0.2, 0) is 4.79 Å². The smallest absolute Gasteiger partial charge is 0.239 e. The normalized spacial score (nSPS) is 27.9. The molecular weight excluding hydrogens is 441 g/mol. The number of rotatable bonds is 5. The van der Waals surface area contributed by atoms with Crippen molar-refractivity contribution in [2.45, 2.75) is 58.0 Å². The molecule has 1 aliphatic carbocycles. The van der Waals surface area contributed by atoms with Gasteiger partial charge in [0.15, 0.2) is 5.96 Å². The summed E-state index contributed by atoms with van der Waals surface area (Å²) in [6, 6.07) is 0.625. The van der Waals surface area contributed by atoms with Crippen LogP contribution in [0, 0.1) is 5.92 Å². The van der Waals surface area contributed by atoms with Crippen LogP contribution >= 0.6 is 24.0 Å². The molecule has 26 heavy (non-hydrogen) atoms. The van der Waals surface area contributed by atoms with Gasteiger partial charge in [-0.1, -0.05) is 13.3 Å². The lowest BCUT2D eigenvalue weighted by atomic mass is 10.2. The van der Waals surface area contributed by atoms with E-state index in [4.69, 9.17) is 0 Å². The Balaban J connectivity index is 0.00000243. The lowest BCUT2D eigenvalue weighted by molar-refractivity contribution is -0.135. The van der Waals surface area contributed by atoms with Gasteiger partial charge in [0.05, 0.1) is 6.04 Å². The van der Waals surface area contributed by atoms with Crippen molar-refractivity contribution < 1.29 is 4.79 Å². The van der Waals surface area contributed by atoms with Gasteiger partial charge in [-0.2, -0.15) is 0 Å². The van der Waals surface area contributed by atoms with Crippen LogP contribution in [0.2, 0.25) is 0 Å². The molecule has 150 valence electrons. The van der Waals surface area contributed by atoms with Crippen LogP contribution < -0.4 is 5.32 Å². The van der Waals surface area contributed by atoms with E-state index in [9.17, 15) is 4.79 Å². The van der Waals surface area contributed by atoms with Crippen molar-refractivity contribution in [2.75, 3.05) is 46.3 Å². The van der Waals surface area contributed by atoms with Crippen LogP contribution in [0.1, 0.15) is 46.0 Å². The molecule has 1 N–H and O–H groups in total. The first-order valence-corrected chi connectivity index (χ1v) is 10.1. The molecule has 0 aromatic rings. The van der Waals surface area contributed by atoms with Crippen molar-refractivity contribution in [3.8, 4) is 0 Å². The number of aliphatic imine (C=N–C) groups is 1. The van der Waals surface area contributed by atoms with Crippen molar-refractivity contribution in [3.63, 3.8) is 0 Å². The van der Waals surface area contributed by atoms with E-state index in [1.54, 1.807) is 0 Å². The Morgan fingerprint density at radius 2 is 1.77 bits per heavy atom. The number of likely N-dealkylation sites (tertiary alicyclic amines) is 1. The minimum Gasteiger partial charge on any atom is -0.353 e. The Kier molecular flexibility index (Phi) is 8.44. The monoisotopic (exact) mass is 477 g/mol. The number of hydrogen-bond acceptors (Lipinski definition) is 3. The largest absolute Gasteiger partial charge is 0.353 e. The Bertz CT molecular complexity index is 486. The fraction of sp³-hybridized carbons (Fsp3) is 0.895. The highest BCUT2D eigenvalue weighted by Crippen LogP contribution is 2.34. The van der Waals surface area contributed by atoms with Gasteiger partial charge in [0.25, 0.3) is 0 Å². The molecule has 2 heterocycles. The van der Waals surface area contributed by atoms with Gasteiger partial charge in [0.1, 0.15) is 0 Å². The van der Waals surface area contributed by atoms with Crippen molar-refractivity contribution in [2.24, 2.45) is 10.9 Å². The molecule has 3 atom stereocenters. The van der Waals surface area contributed by atoms with E-state index in [0.717, 1.165) is 64.0 Å². The summed E-state index contributed by atoms with van der Waals surface area (Å²) in [5.74, 6) is 2.19. The predicted octanol–water partition coefficient (Wildman–Crippen LogP) is 2.00. The van der Waals surface area contributed by atoms with Crippen LogP contribution in [0.15, 0.2) is 4.99 Å². The van der Waals surface area contributed by atoms with E-state index < -0.39 is 0 Å². The Hall–Kier alpha value is -0.570. The number of halogens is 1. The number of carbonyl (C=O) groups is 1. The van der Waals surface area contributed by atoms with E-state index in [2.05, 4.69) is 34.0 Å². The number of piperazine rings is 1. The summed E-state index contributed by atoms with van der Waals surface area (Å²) in [5, 5.41) is 3.64. The topological polar surface area (TPSA) is 51.2 Å². The first-order chi connectivity index (χ1) is 12.1. The molecule has 2 aliphatic heterocycles. The fourth-order valence-corrected chi connectivity index (χ4v) is 4.26. The quantitative estimate of drug-likeness (QED) is 0.374. The summed E-state index contributed by atoms with van der Waals surface area (Å²) < 4.78 is 0. The number of hydrogen-bond donors (Lipinski definition) is 1. The maximum Gasteiger partial charge on any atom is 0.239 e. The molecule has 1 saturated carbocycles. The molecule has 0 bridgehead atoms. The van der Waals surface area contributed by atoms with Gasteiger partial charge in [-0.25, -0.2) is 0 Å². The first-order valence-electron chi connectivity index (χ1n) is 10.1. The van der Waals surface area contributed by atoms with Crippen LogP contribution in [0.5, 0.6) is 0 Å². The SMILES string of the molecule is CCCC1CC1NC(=NC)N1CCN(C(C)C(=O)N2CCCC2)CC1.I. The molecule has 3 rings (SSSR count). The highest BCUT2D eigenvalue weighted by Gasteiger charge is 2.38. The third-order valence-electron chi connectivity index (χ3n) is 6.04. The summed E-state index contributed by atoms with van der Waals surface area (Å²) >= 11 is 0. The standard InChI is InChI=1S/C19H35N5O.HI/c1-4-7-16-14-17(16)21-19(20-3)24-12-10-22(11-13-24)15(2)18(25)23-8-5-6-9-23;/h15-17H,4-14H2,1-3H3,(H,20,21);1H. The molecule has 0 aromatic carbocycles. The molecule has 2 saturated heterocycles. The summed E-state index contributed by atoms with van der Waals surface area (Å²) in [5.41, 5.74) is 0. The zero-order chi connectivity index (χ0) is 17.8. The maximum absolute atomic E-state index is 12.6. The summed E-state index contributed by atoms with van der Waals surface area (Å²) in [6.07, 6.45) is 6.19. The second-order valence-corrected chi connectivity index (χ2v) is 7.81. The van der Waals surface area contributed by atoms with Crippen LogP contribution in [0.25, 0.3) is 0 Å². The molecular formula is C19H36IN5O.